The topological polar surface area (TPSA) is 71.2 Å². The van der Waals surface area contributed by atoms with E-state index in [1.807, 2.05) is 0 Å². The second-order valence-corrected chi connectivity index (χ2v) is 5.22. The van der Waals surface area contributed by atoms with E-state index in [0.29, 0.717) is 18.3 Å². The van der Waals surface area contributed by atoms with Crippen molar-refractivity contribution in [1.82, 2.24) is 15.7 Å². The summed E-state index contributed by atoms with van der Waals surface area (Å²) in [5.41, 5.74) is -0.113. The molecule has 5 heteroatoms. The molecule has 0 amide bonds. The average Bonchev–Trinajstić information content (AvgIpc) is 2.83. The Morgan fingerprint density at radius 1 is 1.65 bits per heavy atom. The zero-order chi connectivity index (χ0) is 12.3. The number of aliphatic hydroxyl groups is 1. The number of nitrogens with zero attached hydrogens (tertiary/aromatic N) is 2. The summed E-state index contributed by atoms with van der Waals surface area (Å²) in [5.74, 6) is 1.80. The Morgan fingerprint density at radius 3 is 3.06 bits per heavy atom. The molecule has 1 unspecified atom stereocenters. The van der Waals surface area contributed by atoms with Crippen LogP contribution in [0, 0.1) is 11.8 Å². The standard InChI is InChI=1S/C12H21N3O2/c1-9(2)10-7-13-5-3-12(10,4-6-16)11-8-14-15-17-11/h8-10,13,16H,3-7H2,1-2H3/t10?,12-/m1/s1. The van der Waals surface area contributed by atoms with Gasteiger partial charge in [-0.2, -0.15) is 0 Å². The molecule has 1 saturated heterocycles. The molecule has 5 nitrogen and oxygen atoms in total. The van der Waals surface area contributed by atoms with Crippen LogP contribution >= 0.6 is 0 Å². The van der Waals surface area contributed by atoms with Gasteiger partial charge in [0.2, 0.25) is 0 Å². The first-order chi connectivity index (χ1) is 8.20. The SMILES string of the molecule is CC(C)C1CNCC[C@]1(CCO)c1cnno1. The molecule has 0 saturated carbocycles. The van der Waals surface area contributed by atoms with Crippen LogP contribution in [0.25, 0.3) is 0 Å². The molecule has 0 aromatic carbocycles. The molecule has 2 heterocycles. The fourth-order valence-corrected chi connectivity index (χ4v) is 3.15. The summed E-state index contributed by atoms with van der Waals surface area (Å²) < 4.78 is 5.31. The van der Waals surface area contributed by atoms with Crippen LogP contribution in [0.4, 0.5) is 0 Å². The summed E-state index contributed by atoms with van der Waals surface area (Å²) in [7, 11) is 0. The first-order valence-electron chi connectivity index (χ1n) is 6.30. The normalized spacial score (nSPS) is 29.8. The lowest BCUT2D eigenvalue weighted by Crippen LogP contribution is -2.50. The molecule has 0 bridgehead atoms. The van der Waals surface area contributed by atoms with Gasteiger partial charge in [0.25, 0.3) is 0 Å². The van der Waals surface area contributed by atoms with Crippen molar-refractivity contribution in [3.05, 3.63) is 12.0 Å². The smallest absolute Gasteiger partial charge is 0.163 e. The number of hydrogen-bond donors (Lipinski definition) is 2. The van der Waals surface area contributed by atoms with Crippen molar-refractivity contribution in [1.29, 1.82) is 0 Å². The van der Waals surface area contributed by atoms with E-state index in [-0.39, 0.29) is 12.0 Å². The Bertz CT molecular complexity index is 336. The maximum atomic E-state index is 9.38. The number of aromatic nitrogens is 2. The summed E-state index contributed by atoms with van der Waals surface area (Å²) in [4.78, 5) is 0. The Morgan fingerprint density at radius 2 is 2.47 bits per heavy atom. The third-order valence-electron chi connectivity index (χ3n) is 4.04. The second kappa shape index (κ2) is 5.14. The highest BCUT2D eigenvalue weighted by Gasteiger charge is 2.45. The fourth-order valence-electron chi connectivity index (χ4n) is 3.15. The third-order valence-corrected chi connectivity index (χ3v) is 4.04. The van der Waals surface area contributed by atoms with Crippen LogP contribution in [0.3, 0.4) is 0 Å². The fraction of sp³-hybridized carbons (Fsp3) is 0.833. The van der Waals surface area contributed by atoms with E-state index in [1.54, 1.807) is 6.20 Å². The average molecular weight is 239 g/mol. The summed E-state index contributed by atoms with van der Waals surface area (Å²) in [6.07, 6.45) is 3.39. The summed E-state index contributed by atoms with van der Waals surface area (Å²) in [5, 5.41) is 20.2. The van der Waals surface area contributed by atoms with Gasteiger partial charge in [-0.1, -0.05) is 13.8 Å². The van der Waals surface area contributed by atoms with Gasteiger partial charge in [0.1, 0.15) is 0 Å². The lowest BCUT2D eigenvalue weighted by Gasteiger charge is -2.44. The van der Waals surface area contributed by atoms with Crippen molar-refractivity contribution < 1.29 is 9.63 Å². The van der Waals surface area contributed by atoms with E-state index >= 15 is 0 Å². The molecule has 96 valence electrons. The molecule has 1 aromatic heterocycles. The maximum Gasteiger partial charge on any atom is 0.163 e. The van der Waals surface area contributed by atoms with Crippen LogP contribution in [-0.4, -0.2) is 35.2 Å². The van der Waals surface area contributed by atoms with Gasteiger partial charge in [-0.25, -0.2) is 0 Å². The molecular formula is C12H21N3O2. The van der Waals surface area contributed by atoms with Gasteiger partial charge >= 0.3 is 0 Å². The Kier molecular flexibility index (Phi) is 3.79. The van der Waals surface area contributed by atoms with E-state index < -0.39 is 0 Å². The van der Waals surface area contributed by atoms with Crippen molar-refractivity contribution in [3.63, 3.8) is 0 Å². The molecule has 1 aliphatic rings. The molecule has 2 atom stereocenters. The van der Waals surface area contributed by atoms with Gasteiger partial charge < -0.3 is 14.9 Å². The number of piperidine rings is 1. The number of hydrogen-bond acceptors (Lipinski definition) is 5. The van der Waals surface area contributed by atoms with E-state index in [0.717, 1.165) is 25.3 Å². The Hall–Kier alpha value is -0.940. The monoisotopic (exact) mass is 239 g/mol. The van der Waals surface area contributed by atoms with Crippen LogP contribution < -0.4 is 5.32 Å². The molecule has 1 aliphatic heterocycles. The molecule has 0 aliphatic carbocycles. The van der Waals surface area contributed by atoms with Gasteiger partial charge in [-0.15, -0.1) is 5.10 Å². The van der Waals surface area contributed by atoms with Crippen molar-refractivity contribution in [2.75, 3.05) is 19.7 Å². The Balaban J connectivity index is 2.36. The molecule has 0 radical (unpaired) electrons. The lowest BCUT2D eigenvalue weighted by atomic mass is 9.63. The highest BCUT2D eigenvalue weighted by Crippen LogP contribution is 2.43. The molecule has 1 aromatic rings. The van der Waals surface area contributed by atoms with Crippen molar-refractivity contribution >= 4 is 0 Å². The highest BCUT2D eigenvalue weighted by atomic mass is 16.5. The highest BCUT2D eigenvalue weighted by molar-refractivity contribution is 5.15. The molecular weight excluding hydrogens is 218 g/mol. The van der Waals surface area contributed by atoms with Gasteiger partial charge in [-0.05, 0) is 37.8 Å². The third kappa shape index (κ3) is 2.21. The Labute approximate surface area is 102 Å². The predicted octanol–water partition coefficient (Wildman–Crippen LogP) is 0.955. The molecule has 2 rings (SSSR count). The largest absolute Gasteiger partial charge is 0.396 e. The van der Waals surface area contributed by atoms with Crippen molar-refractivity contribution in [2.45, 2.75) is 32.1 Å². The van der Waals surface area contributed by atoms with Gasteiger partial charge in [0.15, 0.2) is 5.76 Å². The maximum absolute atomic E-state index is 9.38. The minimum Gasteiger partial charge on any atom is -0.396 e. The minimum atomic E-state index is -0.113. The van der Waals surface area contributed by atoms with Crippen LogP contribution in [0.15, 0.2) is 10.7 Å². The van der Waals surface area contributed by atoms with Crippen LogP contribution in [0.2, 0.25) is 0 Å². The summed E-state index contributed by atoms with van der Waals surface area (Å²) >= 11 is 0. The van der Waals surface area contributed by atoms with E-state index in [2.05, 4.69) is 29.5 Å². The van der Waals surface area contributed by atoms with Gasteiger partial charge in [0.05, 0.1) is 6.20 Å². The van der Waals surface area contributed by atoms with Crippen molar-refractivity contribution in [3.8, 4) is 0 Å². The molecule has 1 fully saturated rings. The second-order valence-electron chi connectivity index (χ2n) is 5.22. The van der Waals surface area contributed by atoms with Crippen LogP contribution in [0.5, 0.6) is 0 Å². The first-order valence-corrected chi connectivity index (χ1v) is 6.30. The molecule has 17 heavy (non-hydrogen) atoms. The summed E-state index contributed by atoms with van der Waals surface area (Å²) in [6, 6.07) is 0. The lowest BCUT2D eigenvalue weighted by molar-refractivity contribution is 0.0861. The number of rotatable bonds is 4. The quantitative estimate of drug-likeness (QED) is 0.818. The minimum absolute atomic E-state index is 0.113. The van der Waals surface area contributed by atoms with Gasteiger partial charge in [0, 0.05) is 17.3 Å². The van der Waals surface area contributed by atoms with E-state index in [9.17, 15) is 5.11 Å². The van der Waals surface area contributed by atoms with E-state index in [1.165, 1.54) is 0 Å². The van der Waals surface area contributed by atoms with Crippen LogP contribution in [-0.2, 0) is 5.41 Å². The van der Waals surface area contributed by atoms with Crippen LogP contribution in [0.1, 0.15) is 32.4 Å². The number of aliphatic hydroxyl groups excluding tert-OH is 1. The first kappa shape index (κ1) is 12.5. The summed E-state index contributed by atoms with van der Waals surface area (Å²) in [6.45, 7) is 6.51. The zero-order valence-electron chi connectivity index (χ0n) is 10.5. The van der Waals surface area contributed by atoms with E-state index in [4.69, 9.17) is 4.52 Å². The number of nitrogens with one attached hydrogen (secondary N) is 1. The molecule has 2 N–H and O–H groups in total. The van der Waals surface area contributed by atoms with Gasteiger partial charge in [-0.3, -0.25) is 0 Å². The zero-order valence-corrected chi connectivity index (χ0v) is 10.5. The van der Waals surface area contributed by atoms with Crippen molar-refractivity contribution in [2.24, 2.45) is 11.8 Å². The molecule has 0 spiro atoms. The predicted molar refractivity (Wildman–Crippen MR) is 63.5 cm³/mol.